The molecule has 18 heavy (non-hydrogen) atoms. The van der Waals surface area contributed by atoms with Gasteiger partial charge >= 0.3 is 6.03 Å². The van der Waals surface area contributed by atoms with E-state index < -0.39 is 0 Å². The maximum atomic E-state index is 12.0. The van der Waals surface area contributed by atoms with Crippen LogP contribution < -0.4 is 4.90 Å². The molecule has 5 nitrogen and oxygen atoms in total. The van der Waals surface area contributed by atoms with Gasteiger partial charge in [-0.1, -0.05) is 0 Å². The molecular formula is C12H20N4OS. The number of nitrogens with zero attached hydrogens (tertiary/aromatic N) is 4. The number of hydrogen-bond acceptors (Lipinski definition) is 4. The molecule has 1 aliphatic heterocycles. The summed E-state index contributed by atoms with van der Waals surface area (Å²) < 4.78 is 0. The van der Waals surface area contributed by atoms with Crippen LogP contribution in [0, 0.1) is 0 Å². The SMILES string of the molecule is CN(C)C(=O)N(C)C1CCCN(c2nccs2)C1. The highest BCUT2D eigenvalue weighted by Gasteiger charge is 2.27. The lowest BCUT2D eigenvalue weighted by molar-refractivity contribution is 0.157. The lowest BCUT2D eigenvalue weighted by Crippen LogP contribution is -2.51. The average Bonchev–Trinajstić information content (AvgIpc) is 2.91. The summed E-state index contributed by atoms with van der Waals surface area (Å²) in [6.45, 7) is 1.91. The van der Waals surface area contributed by atoms with Crippen LogP contribution in [0.4, 0.5) is 9.93 Å². The van der Waals surface area contributed by atoms with E-state index in [1.54, 1.807) is 30.3 Å². The van der Waals surface area contributed by atoms with E-state index in [9.17, 15) is 4.79 Å². The summed E-state index contributed by atoms with van der Waals surface area (Å²) in [5, 5.41) is 3.05. The molecule has 1 saturated heterocycles. The third-order valence-electron chi connectivity index (χ3n) is 3.32. The number of carbonyl (C=O) groups excluding carboxylic acids is 1. The number of amides is 2. The number of aromatic nitrogens is 1. The van der Waals surface area contributed by atoms with E-state index in [0.717, 1.165) is 31.1 Å². The minimum absolute atomic E-state index is 0.0704. The van der Waals surface area contributed by atoms with E-state index >= 15 is 0 Å². The van der Waals surface area contributed by atoms with E-state index in [1.807, 2.05) is 23.5 Å². The molecule has 0 aliphatic carbocycles. The normalized spacial score (nSPS) is 19.7. The molecule has 0 saturated carbocycles. The molecule has 1 aromatic heterocycles. The van der Waals surface area contributed by atoms with Crippen molar-refractivity contribution in [2.75, 3.05) is 39.1 Å². The van der Waals surface area contributed by atoms with Gasteiger partial charge in [0.05, 0.1) is 6.04 Å². The average molecular weight is 268 g/mol. The van der Waals surface area contributed by atoms with Gasteiger partial charge in [-0.05, 0) is 12.8 Å². The van der Waals surface area contributed by atoms with Gasteiger partial charge in [0.25, 0.3) is 0 Å². The summed E-state index contributed by atoms with van der Waals surface area (Å²) in [5.41, 5.74) is 0. The number of carbonyl (C=O) groups is 1. The van der Waals surface area contributed by atoms with Crippen molar-refractivity contribution in [2.24, 2.45) is 0 Å². The minimum atomic E-state index is 0.0704. The Balaban J connectivity index is 2.00. The molecule has 0 spiro atoms. The molecule has 1 aromatic rings. The zero-order chi connectivity index (χ0) is 13.1. The van der Waals surface area contributed by atoms with E-state index in [1.165, 1.54) is 0 Å². The van der Waals surface area contributed by atoms with E-state index in [-0.39, 0.29) is 12.1 Å². The molecule has 0 N–H and O–H groups in total. The first-order valence-corrected chi connectivity index (χ1v) is 7.06. The Kier molecular flexibility index (Phi) is 4.06. The van der Waals surface area contributed by atoms with Crippen molar-refractivity contribution >= 4 is 22.5 Å². The maximum absolute atomic E-state index is 12.0. The summed E-state index contributed by atoms with van der Waals surface area (Å²) in [5.74, 6) is 0. The van der Waals surface area contributed by atoms with Crippen molar-refractivity contribution in [3.8, 4) is 0 Å². The second-order valence-electron chi connectivity index (χ2n) is 4.84. The largest absolute Gasteiger partial charge is 0.346 e. The highest BCUT2D eigenvalue weighted by molar-refractivity contribution is 7.13. The van der Waals surface area contributed by atoms with Crippen LogP contribution in [0.25, 0.3) is 0 Å². The summed E-state index contributed by atoms with van der Waals surface area (Å²) in [7, 11) is 5.47. The van der Waals surface area contributed by atoms with Crippen LogP contribution in [-0.2, 0) is 0 Å². The van der Waals surface area contributed by atoms with Crippen LogP contribution in [0.3, 0.4) is 0 Å². The van der Waals surface area contributed by atoms with Gasteiger partial charge in [-0.15, -0.1) is 11.3 Å². The topological polar surface area (TPSA) is 39.7 Å². The van der Waals surface area contributed by atoms with Gasteiger partial charge in [0.15, 0.2) is 5.13 Å². The van der Waals surface area contributed by atoms with Crippen molar-refractivity contribution in [3.63, 3.8) is 0 Å². The van der Waals surface area contributed by atoms with Crippen molar-refractivity contribution in [1.82, 2.24) is 14.8 Å². The number of thiazole rings is 1. The fourth-order valence-corrected chi connectivity index (χ4v) is 2.97. The van der Waals surface area contributed by atoms with Gasteiger partial charge in [-0.3, -0.25) is 0 Å². The molecule has 1 aliphatic rings. The summed E-state index contributed by atoms with van der Waals surface area (Å²) in [4.78, 5) is 22.1. The number of hydrogen-bond donors (Lipinski definition) is 0. The van der Waals surface area contributed by atoms with E-state index in [2.05, 4.69) is 9.88 Å². The molecule has 0 aromatic carbocycles. The molecule has 0 radical (unpaired) electrons. The van der Waals surface area contributed by atoms with Crippen LogP contribution >= 0.6 is 11.3 Å². The number of likely N-dealkylation sites (N-methyl/N-ethyl adjacent to an activating group) is 1. The minimum Gasteiger partial charge on any atom is -0.346 e. The number of anilines is 1. The maximum Gasteiger partial charge on any atom is 0.319 e. The number of piperidine rings is 1. The first-order valence-electron chi connectivity index (χ1n) is 6.18. The number of rotatable bonds is 2. The molecule has 100 valence electrons. The van der Waals surface area contributed by atoms with Crippen molar-refractivity contribution in [3.05, 3.63) is 11.6 Å². The fraction of sp³-hybridized carbons (Fsp3) is 0.667. The standard InChI is InChI=1S/C12H20N4OS/c1-14(2)12(17)15(3)10-5-4-7-16(9-10)11-13-6-8-18-11/h6,8,10H,4-5,7,9H2,1-3H3. The van der Waals surface area contributed by atoms with Gasteiger partial charge < -0.3 is 14.7 Å². The van der Waals surface area contributed by atoms with Crippen molar-refractivity contribution in [2.45, 2.75) is 18.9 Å². The van der Waals surface area contributed by atoms with Gasteiger partial charge in [0.1, 0.15) is 0 Å². The zero-order valence-electron chi connectivity index (χ0n) is 11.2. The summed E-state index contributed by atoms with van der Waals surface area (Å²) in [6, 6.07) is 0.346. The molecule has 1 atom stereocenters. The molecule has 6 heteroatoms. The Hall–Kier alpha value is -1.30. The lowest BCUT2D eigenvalue weighted by atomic mass is 10.1. The molecule has 1 fully saturated rings. The number of urea groups is 1. The van der Waals surface area contributed by atoms with Gasteiger partial charge in [0.2, 0.25) is 0 Å². The highest BCUT2D eigenvalue weighted by Crippen LogP contribution is 2.23. The zero-order valence-corrected chi connectivity index (χ0v) is 12.0. The van der Waals surface area contributed by atoms with Gasteiger partial charge in [0, 0.05) is 45.8 Å². The third-order valence-corrected chi connectivity index (χ3v) is 4.15. The van der Waals surface area contributed by atoms with E-state index in [4.69, 9.17) is 0 Å². The first-order chi connectivity index (χ1) is 8.59. The molecular weight excluding hydrogens is 248 g/mol. The van der Waals surface area contributed by atoms with Crippen LogP contribution in [0.5, 0.6) is 0 Å². The van der Waals surface area contributed by atoms with Gasteiger partial charge in [-0.25, -0.2) is 9.78 Å². The van der Waals surface area contributed by atoms with Crippen LogP contribution in [-0.4, -0.2) is 61.1 Å². The van der Waals surface area contributed by atoms with Crippen molar-refractivity contribution < 1.29 is 4.79 Å². The second kappa shape index (κ2) is 5.56. The molecule has 2 rings (SSSR count). The summed E-state index contributed by atoms with van der Waals surface area (Å²) in [6.07, 6.45) is 4.01. The van der Waals surface area contributed by atoms with Crippen LogP contribution in [0.15, 0.2) is 11.6 Å². The Morgan fingerprint density at radius 2 is 2.28 bits per heavy atom. The molecule has 1 unspecified atom stereocenters. The first kappa shape index (κ1) is 13.1. The molecule has 0 bridgehead atoms. The molecule has 2 heterocycles. The predicted octanol–water partition coefficient (Wildman–Crippen LogP) is 1.73. The lowest BCUT2D eigenvalue weighted by Gasteiger charge is -2.38. The monoisotopic (exact) mass is 268 g/mol. The molecule has 2 amide bonds. The van der Waals surface area contributed by atoms with Gasteiger partial charge in [-0.2, -0.15) is 0 Å². The highest BCUT2D eigenvalue weighted by atomic mass is 32.1. The Morgan fingerprint density at radius 1 is 1.50 bits per heavy atom. The summed E-state index contributed by atoms with van der Waals surface area (Å²) >= 11 is 1.66. The van der Waals surface area contributed by atoms with Crippen LogP contribution in [0.1, 0.15) is 12.8 Å². The third kappa shape index (κ3) is 2.75. The van der Waals surface area contributed by atoms with Crippen molar-refractivity contribution in [1.29, 1.82) is 0 Å². The smallest absolute Gasteiger partial charge is 0.319 e. The second-order valence-corrected chi connectivity index (χ2v) is 5.72. The van der Waals surface area contributed by atoms with Crippen LogP contribution in [0.2, 0.25) is 0 Å². The predicted molar refractivity (Wildman–Crippen MR) is 74.2 cm³/mol. The Morgan fingerprint density at radius 3 is 2.89 bits per heavy atom. The quantitative estimate of drug-likeness (QED) is 0.820. The van der Waals surface area contributed by atoms with E-state index in [0.29, 0.717) is 0 Å². The Labute approximate surface area is 112 Å². The Bertz CT molecular complexity index is 393. The fourth-order valence-electron chi connectivity index (χ4n) is 2.29.